The standard InChI is InChI=1S/C14H21N5/c1-12(15-8-10-19-11-9-16-17-19)13-4-6-14(7-5-13)18(2)3/h4-7,9,11-12,15H,8,10H2,1-3H3. The molecular weight excluding hydrogens is 238 g/mol. The van der Waals surface area contributed by atoms with Crippen LogP contribution in [0.2, 0.25) is 0 Å². The summed E-state index contributed by atoms with van der Waals surface area (Å²) in [6.45, 7) is 3.88. The molecular formula is C14H21N5. The average Bonchev–Trinajstić information content (AvgIpc) is 2.92. The Hall–Kier alpha value is -1.88. The van der Waals surface area contributed by atoms with Gasteiger partial charge in [0, 0.05) is 38.6 Å². The lowest BCUT2D eigenvalue weighted by atomic mass is 10.1. The van der Waals surface area contributed by atoms with Crippen LogP contribution in [0.15, 0.2) is 36.7 Å². The monoisotopic (exact) mass is 259 g/mol. The van der Waals surface area contributed by atoms with Gasteiger partial charge in [0.2, 0.25) is 0 Å². The van der Waals surface area contributed by atoms with E-state index >= 15 is 0 Å². The molecule has 1 unspecified atom stereocenters. The largest absolute Gasteiger partial charge is 0.378 e. The molecule has 2 aromatic rings. The summed E-state index contributed by atoms with van der Waals surface area (Å²) in [7, 11) is 4.10. The molecule has 0 aliphatic rings. The molecule has 0 aliphatic heterocycles. The lowest BCUT2D eigenvalue weighted by molar-refractivity contribution is 0.499. The third-order valence-corrected chi connectivity index (χ3v) is 3.17. The zero-order valence-electron chi connectivity index (χ0n) is 11.7. The van der Waals surface area contributed by atoms with Crippen molar-refractivity contribution in [2.45, 2.75) is 19.5 Å². The maximum atomic E-state index is 3.94. The van der Waals surface area contributed by atoms with Gasteiger partial charge in [-0.05, 0) is 24.6 Å². The molecule has 19 heavy (non-hydrogen) atoms. The highest BCUT2D eigenvalue weighted by atomic mass is 15.4. The number of rotatable bonds is 6. The molecule has 0 amide bonds. The number of benzene rings is 1. The smallest absolute Gasteiger partial charge is 0.0692 e. The van der Waals surface area contributed by atoms with Gasteiger partial charge in [-0.25, -0.2) is 0 Å². The first-order chi connectivity index (χ1) is 9.16. The van der Waals surface area contributed by atoms with Crippen LogP contribution in [0, 0.1) is 0 Å². The van der Waals surface area contributed by atoms with Crippen molar-refractivity contribution in [2.75, 3.05) is 25.5 Å². The molecule has 1 atom stereocenters. The first kappa shape index (κ1) is 13.5. The number of hydrogen-bond donors (Lipinski definition) is 1. The Bertz CT molecular complexity index is 475. The highest BCUT2D eigenvalue weighted by molar-refractivity contribution is 5.46. The molecule has 1 heterocycles. The number of hydrogen-bond acceptors (Lipinski definition) is 4. The van der Waals surface area contributed by atoms with Crippen molar-refractivity contribution in [3.05, 3.63) is 42.2 Å². The van der Waals surface area contributed by atoms with Gasteiger partial charge < -0.3 is 10.2 Å². The predicted molar refractivity (Wildman–Crippen MR) is 77.2 cm³/mol. The van der Waals surface area contributed by atoms with Crippen LogP contribution < -0.4 is 10.2 Å². The fraction of sp³-hybridized carbons (Fsp3) is 0.429. The van der Waals surface area contributed by atoms with Gasteiger partial charge in [-0.1, -0.05) is 17.3 Å². The number of nitrogens with one attached hydrogen (secondary N) is 1. The van der Waals surface area contributed by atoms with Crippen molar-refractivity contribution < 1.29 is 0 Å². The number of aromatic nitrogens is 3. The molecule has 5 heteroatoms. The Kier molecular flexibility index (Phi) is 4.52. The number of nitrogens with zero attached hydrogens (tertiary/aromatic N) is 4. The maximum absolute atomic E-state index is 3.94. The molecule has 1 aromatic heterocycles. The minimum absolute atomic E-state index is 0.333. The molecule has 2 rings (SSSR count). The fourth-order valence-electron chi connectivity index (χ4n) is 1.93. The van der Waals surface area contributed by atoms with E-state index in [1.807, 2.05) is 10.9 Å². The molecule has 0 radical (unpaired) electrons. The summed E-state index contributed by atoms with van der Waals surface area (Å²) < 4.78 is 1.83. The molecule has 0 fully saturated rings. The summed E-state index contributed by atoms with van der Waals surface area (Å²) in [4.78, 5) is 2.10. The summed E-state index contributed by atoms with van der Waals surface area (Å²) in [5.74, 6) is 0. The highest BCUT2D eigenvalue weighted by Gasteiger charge is 2.05. The van der Waals surface area contributed by atoms with Gasteiger partial charge in [0.15, 0.2) is 0 Å². The van der Waals surface area contributed by atoms with Gasteiger partial charge >= 0.3 is 0 Å². The van der Waals surface area contributed by atoms with E-state index in [2.05, 4.69) is 65.8 Å². The van der Waals surface area contributed by atoms with Crippen LogP contribution in [-0.4, -0.2) is 35.6 Å². The molecule has 0 saturated carbocycles. The molecule has 0 spiro atoms. The molecule has 0 aliphatic carbocycles. The summed E-state index contributed by atoms with van der Waals surface area (Å²) in [6.07, 6.45) is 3.57. The second-order valence-electron chi connectivity index (χ2n) is 4.83. The van der Waals surface area contributed by atoms with Crippen LogP contribution in [-0.2, 0) is 6.54 Å². The molecule has 102 valence electrons. The van der Waals surface area contributed by atoms with Crippen LogP contribution in [0.4, 0.5) is 5.69 Å². The SMILES string of the molecule is CC(NCCn1ccnn1)c1ccc(N(C)C)cc1. The quantitative estimate of drug-likeness (QED) is 0.857. The van der Waals surface area contributed by atoms with Crippen molar-refractivity contribution in [3.63, 3.8) is 0 Å². The van der Waals surface area contributed by atoms with E-state index < -0.39 is 0 Å². The minimum Gasteiger partial charge on any atom is -0.378 e. The van der Waals surface area contributed by atoms with E-state index in [4.69, 9.17) is 0 Å². The van der Waals surface area contributed by atoms with E-state index in [1.54, 1.807) is 6.20 Å². The number of anilines is 1. The highest BCUT2D eigenvalue weighted by Crippen LogP contribution is 2.17. The summed E-state index contributed by atoms with van der Waals surface area (Å²) in [6, 6.07) is 8.96. The van der Waals surface area contributed by atoms with Gasteiger partial charge in [0.05, 0.1) is 12.7 Å². The van der Waals surface area contributed by atoms with E-state index in [0.29, 0.717) is 6.04 Å². The first-order valence-corrected chi connectivity index (χ1v) is 6.51. The normalized spacial score (nSPS) is 12.4. The first-order valence-electron chi connectivity index (χ1n) is 6.51. The second-order valence-corrected chi connectivity index (χ2v) is 4.83. The van der Waals surface area contributed by atoms with Crippen molar-refractivity contribution in [3.8, 4) is 0 Å². The van der Waals surface area contributed by atoms with E-state index in [1.165, 1.54) is 11.3 Å². The van der Waals surface area contributed by atoms with Gasteiger partial charge in [-0.15, -0.1) is 5.10 Å². The topological polar surface area (TPSA) is 46.0 Å². The minimum atomic E-state index is 0.333. The van der Waals surface area contributed by atoms with E-state index in [0.717, 1.165) is 13.1 Å². The van der Waals surface area contributed by atoms with E-state index in [9.17, 15) is 0 Å². The van der Waals surface area contributed by atoms with Crippen LogP contribution in [0.25, 0.3) is 0 Å². The predicted octanol–water partition coefficient (Wildman–Crippen LogP) is 1.69. The third kappa shape index (κ3) is 3.79. The lowest BCUT2D eigenvalue weighted by Crippen LogP contribution is -2.23. The molecule has 5 nitrogen and oxygen atoms in total. The Labute approximate surface area is 114 Å². The van der Waals surface area contributed by atoms with Gasteiger partial charge in [0.1, 0.15) is 0 Å². The summed E-state index contributed by atoms with van der Waals surface area (Å²) in [5, 5.41) is 11.2. The zero-order chi connectivity index (χ0) is 13.7. The van der Waals surface area contributed by atoms with E-state index in [-0.39, 0.29) is 0 Å². The Morgan fingerprint density at radius 2 is 2.00 bits per heavy atom. The average molecular weight is 259 g/mol. The molecule has 0 saturated heterocycles. The zero-order valence-corrected chi connectivity index (χ0v) is 11.7. The maximum Gasteiger partial charge on any atom is 0.0692 e. The summed E-state index contributed by atoms with van der Waals surface area (Å²) in [5.41, 5.74) is 2.52. The summed E-state index contributed by atoms with van der Waals surface area (Å²) >= 11 is 0. The lowest BCUT2D eigenvalue weighted by Gasteiger charge is -2.17. The second kappa shape index (κ2) is 6.33. The van der Waals surface area contributed by atoms with Crippen LogP contribution in [0.1, 0.15) is 18.5 Å². The van der Waals surface area contributed by atoms with Crippen molar-refractivity contribution >= 4 is 5.69 Å². The molecule has 0 bridgehead atoms. The van der Waals surface area contributed by atoms with Crippen LogP contribution >= 0.6 is 0 Å². The van der Waals surface area contributed by atoms with Crippen molar-refractivity contribution in [1.29, 1.82) is 0 Å². The third-order valence-electron chi connectivity index (χ3n) is 3.17. The van der Waals surface area contributed by atoms with Crippen molar-refractivity contribution in [2.24, 2.45) is 0 Å². The molecule has 1 N–H and O–H groups in total. The Morgan fingerprint density at radius 1 is 1.26 bits per heavy atom. The van der Waals surface area contributed by atoms with Gasteiger partial charge in [-0.3, -0.25) is 4.68 Å². The Balaban J connectivity index is 1.83. The van der Waals surface area contributed by atoms with Gasteiger partial charge in [-0.2, -0.15) is 0 Å². The van der Waals surface area contributed by atoms with Gasteiger partial charge in [0.25, 0.3) is 0 Å². The van der Waals surface area contributed by atoms with Crippen LogP contribution in [0.3, 0.4) is 0 Å². The fourth-order valence-corrected chi connectivity index (χ4v) is 1.93. The van der Waals surface area contributed by atoms with Crippen molar-refractivity contribution in [1.82, 2.24) is 20.3 Å². The Morgan fingerprint density at radius 3 is 2.58 bits per heavy atom. The van der Waals surface area contributed by atoms with Crippen LogP contribution in [0.5, 0.6) is 0 Å². The molecule has 1 aromatic carbocycles.